The van der Waals surface area contributed by atoms with Crippen LogP contribution in [0.3, 0.4) is 0 Å². The molecule has 0 saturated carbocycles. The van der Waals surface area contributed by atoms with E-state index in [1.165, 1.54) is 5.56 Å². The Labute approximate surface area is 189 Å². The van der Waals surface area contributed by atoms with E-state index >= 15 is 0 Å². The summed E-state index contributed by atoms with van der Waals surface area (Å²) in [6, 6.07) is 12.1. The molecule has 2 aromatic carbocycles. The van der Waals surface area contributed by atoms with E-state index in [2.05, 4.69) is 40.3 Å². The van der Waals surface area contributed by atoms with Crippen LogP contribution in [-0.4, -0.2) is 23.7 Å². The molecule has 0 aromatic heterocycles. The van der Waals surface area contributed by atoms with Crippen LogP contribution in [0.1, 0.15) is 36.0 Å². The molecule has 1 N–H and O–H groups in total. The van der Waals surface area contributed by atoms with Crippen molar-refractivity contribution in [1.29, 1.82) is 0 Å². The fourth-order valence-corrected chi connectivity index (χ4v) is 3.66. The van der Waals surface area contributed by atoms with Gasteiger partial charge in [0.05, 0.1) is 22.0 Å². The molecule has 7 heteroatoms. The van der Waals surface area contributed by atoms with E-state index in [1.807, 2.05) is 24.3 Å². The lowest BCUT2D eigenvalue weighted by Gasteiger charge is -2.16. The van der Waals surface area contributed by atoms with Crippen molar-refractivity contribution in [2.45, 2.75) is 32.2 Å². The molecule has 0 spiro atoms. The smallest absolute Gasteiger partial charge is 0.230 e. The quantitative estimate of drug-likeness (QED) is 0.300. The summed E-state index contributed by atoms with van der Waals surface area (Å²) in [4.78, 5) is 11.3. The molecule has 2 rings (SSSR count). The number of hydrogen-bond donors (Lipinski definition) is 1. The number of hydrogen-bond acceptors (Lipinski definition) is 2. The van der Waals surface area contributed by atoms with Gasteiger partial charge in [-0.3, -0.25) is 4.79 Å². The molecule has 0 saturated heterocycles. The second-order valence-corrected chi connectivity index (χ2v) is 8.29. The highest BCUT2D eigenvalue weighted by atomic mass is 79.9. The fourth-order valence-electron chi connectivity index (χ4n) is 2.74. The number of nitrogens with one attached hydrogen (secondary N) is 1. The highest BCUT2D eigenvalue weighted by Crippen LogP contribution is 2.37. The Morgan fingerprint density at radius 1 is 1.14 bits per heavy atom. The maximum Gasteiger partial charge on any atom is 0.230 e. The Morgan fingerprint density at radius 3 is 2.32 bits per heavy atom. The lowest BCUT2D eigenvalue weighted by atomic mass is 9.93. The number of carbonyl (C=O) groups is 1. The summed E-state index contributed by atoms with van der Waals surface area (Å²) in [5, 5.41) is 4.18. The van der Waals surface area contributed by atoms with Crippen LogP contribution >= 0.6 is 50.7 Å². The van der Waals surface area contributed by atoms with Gasteiger partial charge in [-0.25, -0.2) is 0 Å². The summed E-state index contributed by atoms with van der Waals surface area (Å²) in [6.45, 7) is 3.15. The van der Waals surface area contributed by atoms with Crippen molar-refractivity contribution >= 4 is 56.6 Å². The second kappa shape index (κ2) is 11.9. The van der Waals surface area contributed by atoms with Gasteiger partial charge < -0.3 is 10.1 Å². The number of amides is 1. The molecule has 28 heavy (non-hydrogen) atoms. The van der Waals surface area contributed by atoms with E-state index in [0.29, 0.717) is 40.2 Å². The molecule has 3 nitrogen and oxygen atoms in total. The zero-order valence-corrected chi connectivity index (χ0v) is 19.5. The molecule has 0 aliphatic heterocycles. The first-order chi connectivity index (χ1) is 13.4. The normalized spacial score (nSPS) is 11.9. The van der Waals surface area contributed by atoms with Crippen molar-refractivity contribution < 1.29 is 9.53 Å². The first kappa shape index (κ1) is 23.3. The number of alkyl halides is 2. The van der Waals surface area contributed by atoms with Crippen LogP contribution in [0.4, 0.5) is 0 Å². The Kier molecular flexibility index (Phi) is 9.93. The van der Waals surface area contributed by atoms with E-state index in [-0.39, 0.29) is 11.8 Å². The number of rotatable bonds is 10. The fraction of sp³-hybridized carbons (Fsp3) is 0.381. The molecule has 152 valence electrons. The summed E-state index contributed by atoms with van der Waals surface area (Å²) in [5.41, 5.74) is 3.33. The number of halogens is 4. The molecule has 1 atom stereocenters. The maximum atomic E-state index is 11.3. The standard InChI is InChI=1S/C21H23BrCl3NO2/c1-14(9-15-3-5-16(6-4-15)13-26-20(27)12-22)17-10-18(24)21(19(25)11-17)28-8-2-7-23/h3-6,10-11,14H,2,7-9,12-13H2,1H3,(H,26,27)/t14-/m1/s1. The van der Waals surface area contributed by atoms with Gasteiger partial charge in [-0.15, -0.1) is 11.6 Å². The van der Waals surface area contributed by atoms with Crippen LogP contribution in [0.15, 0.2) is 36.4 Å². The van der Waals surface area contributed by atoms with Gasteiger partial charge in [-0.2, -0.15) is 0 Å². The van der Waals surface area contributed by atoms with Crippen molar-refractivity contribution in [3.05, 3.63) is 63.1 Å². The molecule has 0 unspecified atom stereocenters. The van der Waals surface area contributed by atoms with Crippen LogP contribution in [-0.2, 0) is 17.8 Å². The summed E-state index contributed by atoms with van der Waals surface area (Å²) in [5.74, 6) is 1.26. The Balaban J connectivity index is 2.00. The van der Waals surface area contributed by atoms with Crippen molar-refractivity contribution in [2.24, 2.45) is 0 Å². The highest BCUT2D eigenvalue weighted by Gasteiger charge is 2.14. The SMILES string of the molecule is C[C@H](Cc1ccc(CNC(=O)CBr)cc1)c1cc(Cl)c(OCCCCl)c(Cl)c1. The van der Waals surface area contributed by atoms with Gasteiger partial charge in [0.2, 0.25) is 5.91 Å². The van der Waals surface area contributed by atoms with Gasteiger partial charge >= 0.3 is 0 Å². The van der Waals surface area contributed by atoms with Crippen LogP contribution in [0.2, 0.25) is 10.0 Å². The molecule has 0 aliphatic carbocycles. The molecule has 0 bridgehead atoms. The summed E-state index contributed by atoms with van der Waals surface area (Å²) in [6.07, 6.45) is 1.59. The minimum absolute atomic E-state index is 0.0264. The van der Waals surface area contributed by atoms with E-state index in [0.717, 1.165) is 24.0 Å². The van der Waals surface area contributed by atoms with Crippen molar-refractivity contribution in [2.75, 3.05) is 17.8 Å². The Hall–Kier alpha value is -0.940. The highest BCUT2D eigenvalue weighted by molar-refractivity contribution is 9.09. The van der Waals surface area contributed by atoms with Gasteiger partial charge in [0.25, 0.3) is 0 Å². The molecule has 2 aromatic rings. The van der Waals surface area contributed by atoms with Crippen LogP contribution < -0.4 is 10.1 Å². The van der Waals surface area contributed by atoms with Crippen molar-refractivity contribution in [1.82, 2.24) is 5.32 Å². The van der Waals surface area contributed by atoms with Crippen molar-refractivity contribution in [3.8, 4) is 5.75 Å². The molecule has 0 aliphatic rings. The zero-order valence-electron chi connectivity index (χ0n) is 15.6. The number of carbonyl (C=O) groups excluding carboxylic acids is 1. The molecular formula is C21H23BrCl3NO2. The lowest BCUT2D eigenvalue weighted by molar-refractivity contribution is -0.118. The van der Waals surface area contributed by atoms with Crippen LogP contribution in [0.5, 0.6) is 5.75 Å². The van der Waals surface area contributed by atoms with Gasteiger partial charge in [-0.1, -0.05) is 70.3 Å². The largest absolute Gasteiger partial charge is 0.490 e. The van der Waals surface area contributed by atoms with E-state index in [4.69, 9.17) is 39.5 Å². The molecular weight excluding hydrogens is 484 g/mol. The van der Waals surface area contributed by atoms with Crippen molar-refractivity contribution in [3.63, 3.8) is 0 Å². The van der Waals surface area contributed by atoms with E-state index in [9.17, 15) is 4.79 Å². The monoisotopic (exact) mass is 505 g/mol. The summed E-state index contributed by atoms with van der Waals surface area (Å²) in [7, 11) is 0. The Morgan fingerprint density at radius 2 is 1.75 bits per heavy atom. The average Bonchev–Trinajstić information content (AvgIpc) is 2.69. The average molecular weight is 508 g/mol. The first-order valence-electron chi connectivity index (χ1n) is 9.02. The van der Waals surface area contributed by atoms with Crippen LogP contribution in [0, 0.1) is 0 Å². The van der Waals surface area contributed by atoms with E-state index in [1.54, 1.807) is 0 Å². The third-order valence-corrected chi connectivity index (χ3v) is 5.63. The minimum atomic E-state index is -0.0264. The predicted octanol–water partition coefficient (Wildman–Crippen LogP) is 6.36. The lowest BCUT2D eigenvalue weighted by Crippen LogP contribution is -2.23. The third-order valence-electron chi connectivity index (χ3n) is 4.29. The first-order valence-corrected chi connectivity index (χ1v) is 11.4. The second-order valence-electron chi connectivity index (χ2n) is 6.54. The summed E-state index contributed by atoms with van der Waals surface area (Å²) >= 11 is 21.6. The van der Waals surface area contributed by atoms with Gasteiger partial charge in [0.1, 0.15) is 0 Å². The van der Waals surface area contributed by atoms with Crippen LogP contribution in [0.25, 0.3) is 0 Å². The molecule has 1 amide bonds. The predicted molar refractivity (Wildman–Crippen MR) is 121 cm³/mol. The molecule has 0 radical (unpaired) electrons. The molecule has 0 fully saturated rings. The number of ether oxygens (including phenoxy) is 1. The molecule has 0 heterocycles. The topological polar surface area (TPSA) is 38.3 Å². The maximum absolute atomic E-state index is 11.3. The van der Waals surface area contributed by atoms with E-state index < -0.39 is 0 Å². The number of benzene rings is 2. The zero-order chi connectivity index (χ0) is 20.5. The van der Waals surface area contributed by atoms with Gasteiger partial charge in [-0.05, 0) is 47.6 Å². The van der Waals surface area contributed by atoms with Gasteiger partial charge in [0, 0.05) is 12.4 Å². The summed E-state index contributed by atoms with van der Waals surface area (Å²) < 4.78 is 5.64. The Bertz CT molecular complexity index is 761. The minimum Gasteiger partial charge on any atom is -0.490 e. The van der Waals surface area contributed by atoms with Gasteiger partial charge in [0.15, 0.2) is 5.75 Å². The third kappa shape index (κ3) is 7.14.